The standard InChI is InChI=1S/C16H30N2O2/c1-4-7-16(15(19)20)8-11-18(12-16)14-5-9-17(10-6-14)13(2)3/h13-14H,4-12H2,1-3H3,(H,19,20). The van der Waals surface area contributed by atoms with Crippen LogP contribution in [0.4, 0.5) is 0 Å². The Bertz CT molecular complexity index is 337. The highest BCUT2D eigenvalue weighted by atomic mass is 16.4. The number of nitrogens with zero attached hydrogens (tertiary/aromatic N) is 2. The predicted octanol–water partition coefficient (Wildman–Crippen LogP) is 2.44. The third-order valence-electron chi connectivity index (χ3n) is 5.31. The second-order valence-electron chi connectivity index (χ2n) is 6.92. The van der Waals surface area contributed by atoms with E-state index in [-0.39, 0.29) is 0 Å². The number of aliphatic carboxylic acids is 1. The molecule has 1 atom stereocenters. The summed E-state index contributed by atoms with van der Waals surface area (Å²) in [6.07, 6.45) is 5.01. The van der Waals surface area contributed by atoms with Crippen LogP contribution in [0.5, 0.6) is 0 Å². The monoisotopic (exact) mass is 282 g/mol. The summed E-state index contributed by atoms with van der Waals surface area (Å²) in [5.41, 5.74) is -0.468. The van der Waals surface area contributed by atoms with Crippen molar-refractivity contribution in [2.45, 2.75) is 65.0 Å². The molecule has 0 aromatic heterocycles. The number of carbonyl (C=O) groups is 1. The average molecular weight is 282 g/mol. The lowest BCUT2D eigenvalue weighted by Gasteiger charge is -2.39. The number of piperidine rings is 1. The molecule has 0 saturated carbocycles. The van der Waals surface area contributed by atoms with E-state index in [9.17, 15) is 9.90 Å². The number of carboxylic acids is 1. The summed E-state index contributed by atoms with van der Waals surface area (Å²) in [6, 6.07) is 1.23. The largest absolute Gasteiger partial charge is 0.481 e. The van der Waals surface area contributed by atoms with Gasteiger partial charge in [0.05, 0.1) is 5.41 Å². The molecular weight excluding hydrogens is 252 g/mol. The summed E-state index contributed by atoms with van der Waals surface area (Å²) in [6.45, 7) is 10.7. The van der Waals surface area contributed by atoms with Crippen LogP contribution >= 0.6 is 0 Å². The Balaban J connectivity index is 1.91. The van der Waals surface area contributed by atoms with Gasteiger partial charge >= 0.3 is 5.97 Å². The van der Waals surface area contributed by atoms with Crippen molar-refractivity contribution in [2.24, 2.45) is 5.41 Å². The summed E-state index contributed by atoms with van der Waals surface area (Å²) in [7, 11) is 0. The lowest BCUT2D eigenvalue weighted by Crippen LogP contribution is -2.47. The van der Waals surface area contributed by atoms with Crippen molar-refractivity contribution in [2.75, 3.05) is 26.2 Å². The van der Waals surface area contributed by atoms with E-state index in [1.54, 1.807) is 0 Å². The van der Waals surface area contributed by atoms with Gasteiger partial charge in [-0.3, -0.25) is 9.69 Å². The van der Waals surface area contributed by atoms with Crippen molar-refractivity contribution in [3.63, 3.8) is 0 Å². The molecule has 1 unspecified atom stereocenters. The molecule has 0 amide bonds. The van der Waals surface area contributed by atoms with Gasteiger partial charge in [-0.15, -0.1) is 0 Å². The number of hydrogen-bond donors (Lipinski definition) is 1. The van der Waals surface area contributed by atoms with Gasteiger partial charge in [-0.2, -0.15) is 0 Å². The number of likely N-dealkylation sites (tertiary alicyclic amines) is 2. The second kappa shape index (κ2) is 6.44. The maximum atomic E-state index is 11.6. The Morgan fingerprint density at radius 1 is 1.30 bits per heavy atom. The molecule has 4 heteroatoms. The minimum absolute atomic E-state index is 0.468. The molecule has 116 valence electrons. The van der Waals surface area contributed by atoms with Crippen molar-refractivity contribution in [1.82, 2.24) is 9.80 Å². The van der Waals surface area contributed by atoms with Gasteiger partial charge < -0.3 is 10.0 Å². The van der Waals surface area contributed by atoms with Crippen LogP contribution in [-0.4, -0.2) is 59.1 Å². The Kier molecular flexibility index (Phi) is 5.08. The molecule has 0 aromatic rings. The van der Waals surface area contributed by atoms with Crippen molar-refractivity contribution in [3.05, 3.63) is 0 Å². The van der Waals surface area contributed by atoms with Gasteiger partial charge in [-0.25, -0.2) is 0 Å². The Morgan fingerprint density at radius 3 is 2.45 bits per heavy atom. The molecule has 20 heavy (non-hydrogen) atoms. The Hall–Kier alpha value is -0.610. The summed E-state index contributed by atoms with van der Waals surface area (Å²) in [4.78, 5) is 16.6. The zero-order valence-electron chi connectivity index (χ0n) is 13.3. The molecule has 2 heterocycles. The zero-order valence-corrected chi connectivity index (χ0v) is 13.3. The van der Waals surface area contributed by atoms with E-state index in [1.165, 1.54) is 12.8 Å². The number of carboxylic acid groups (broad SMARTS) is 1. The fraction of sp³-hybridized carbons (Fsp3) is 0.938. The van der Waals surface area contributed by atoms with E-state index in [1.807, 2.05) is 0 Å². The van der Waals surface area contributed by atoms with E-state index in [2.05, 4.69) is 30.6 Å². The van der Waals surface area contributed by atoms with Gasteiger partial charge in [0, 0.05) is 18.6 Å². The summed E-state index contributed by atoms with van der Waals surface area (Å²) >= 11 is 0. The van der Waals surface area contributed by atoms with E-state index in [4.69, 9.17) is 0 Å². The van der Waals surface area contributed by atoms with Crippen molar-refractivity contribution >= 4 is 5.97 Å². The zero-order chi connectivity index (χ0) is 14.8. The maximum Gasteiger partial charge on any atom is 0.310 e. The highest BCUT2D eigenvalue weighted by Crippen LogP contribution is 2.37. The van der Waals surface area contributed by atoms with Crippen LogP contribution in [0, 0.1) is 5.41 Å². The van der Waals surface area contributed by atoms with Crippen LogP contribution in [0.25, 0.3) is 0 Å². The van der Waals surface area contributed by atoms with Gasteiger partial charge in [0.2, 0.25) is 0 Å². The second-order valence-corrected chi connectivity index (χ2v) is 6.92. The quantitative estimate of drug-likeness (QED) is 0.841. The van der Waals surface area contributed by atoms with Crippen LogP contribution in [0.1, 0.15) is 52.9 Å². The molecule has 2 aliphatic rings. The Labute approximate surface area is 123 Å². The molecule has 2 fully saturated rings. The molecule has 0 aromatic carbocycles. The number of rotatable bonds is 5. The molecule has 2 aliphatic heterocycles. The van der Waals surface area contributed by atoms with Gasteiger partial charge in [-0.05, 0) is 59.2 Å². The molecule has 0 aliphatic carbocycles. The van der Waals surface area contributed by atoms with Gasteiger partial charge in [0.15, 0.2) is 0 Å². The van der Waals surface area contributed by atoms with Crippen LogP contribution < -0.4 is 0 Å². The first-order chi connectivity index (χ1) is 9.48. The first kappa shape index (κ1) is 15.8. The highest BCUT2D eigenvalue weighted by Gasteiger charge is 2.45. The van der Waals surface area contributed by atoms with E-state index >= 15 is 0 Å². The molecule has 1 N–H and O–H groups in total. The van der Waals surface area contributed by atoms with Crippen LogP contribution in [-0.2, 0) is 4.79 Å². The fourth-order valence-electron chi connectivity index (χ4n) is 3.95. The van der Waals surface area contributed by atoms with Gasteiger partial charge in [0.25, 0.3) is 0 Å². The average Bonchev–Trinajstić information content (AvgIpc) is 2.85. The summed E-state index contributed by atoms with van der Waals surface area (Å²) < 4.78 is 0. The third kappa shape index (κ3) is 3.17. The predicted molar refractivity (Wildman–Crippen MR) is 80.9 cm³/mol. The van der Waals surface area contributed by atoms with E-state index < -0.39 is 11.4 Å². The van der Waals surface area contributed by atoms with Crippen molar-refractivity contribution in [1.29, 1.82) is 0 Å². The molecular formula is C16H30N2O2. The first-order valence-electron chi connectivity index (χ1n) is 8.20. The van der Waals surface area contributed by atoms with E-state index in [0.717, 1.165) is 45.4 Å². The lowest BCUT2D eigenvalue weighted by molar-refractivity contribution is -0.148. The fourth-order valence-corrected chi connectivity index (χ4v) is 3.95. The van der Waals surface area contributed by atoms with E-state index in [0.29, 0.717) is 12.1 Å². The summed E-state index contributed by atoms with van der Waals surface area (Å²) in [5, 5.41) is 9.59. The van der Waals surface area contributed by atoms with Crippen LogP contribution in [0.2, 0.25) is 0 Å². The lowest BCUT2D eigenvalue weighted by atomic mass is 9.82. The molecule has 0 spiro atoms. The third-order valence-corrected chi connectivity index (χ3v) is 5.31. The highest BCUT2D eigenvalue weighted by molar-refractivity contribution is 5.75. The minimum Gasteiger partial charge on any atom is -0.481 e. The maximum absolute atomic E-state index is 11.6. The molecule has 4 nitrogen and oxygen atoms in total. The SMILES string of the molecule is CCCC1(C(=O)O)CCN(C2CCN(C(C)C)CC2)C1. The molecule has 2 rings (SSSR count). The van der Waals surface area contributed by atoms with Crippen LogP contribution in [0.15, 0.2) is 0 Å². The molecule has 0 radical (unpaired) electrons. The smallest absolute Gasteiger partial charge is 0.310 e. The topological polar surface area (TPSA) is 43.8 Å². The first-order valence-corrected chi connectivity index (χ1v) is 8.20. The number of hydrogen-bond acceptors (Lipinski definition) is 3. The molecule has 2 saturated heterocycles. The van der Waals surface area contributed by atoms with Gasteiger partial charge in [-0.1, -0.05) is 13.3 Å². The summed E-state index contributed by atoms with van der Waals surface area (Å²) in [5.74, 6) is -0.582. The van der Waals surface area contributed by atoms with Crippen molar-refractivity contribution in [3.8, 4) is 0 Å². The van der Waals surface area contributed by atoms with Crippen LogP contribution in [0.3, 0.4) is 0 Å². The molecule has 0 bridgehead atoms. The van der Waals surface area contributed by atoms with Crippen molar-refractivity contribution < 1.29 is 9.90 Å². The van der Waals surface area contributed by atoms with Gasteiger partial charge in [0.1, 0.15) is 0 Å². The Morgan fingerprint density at radius 2 is 1.95 bits per heavy atom. The normalized spacial score (nSPS) is 30.2. The minimum atomic E-state index is -0.582.